The monoisotopic (exact) mass is 298 g/mol. The maximum Gasteiger partial charge on any atom is 0.230 e. The fourth-order valence-corrected chi connectivity index (χ4v) is 2.60. The van der Waals surface area contributed by atoms with Gasteiger partial charge >= 0.3 is 0 Å². The minimum Gasteiger partial charge on any atom is -0.357 e. The third-order valence-corrected chi connectivity index (χ3v) is 3.81. The summed E-state index contributed by atoms with van der Waals surface area (Å²) in [5.41, 5.74) is 2.07. The molecule has 0 saturated heterocycles. The molecule has 3 rings (SSSR count). The highest BCUT2D eigenvalue weighted by Gasteiger charge is 2.05. The van der Waals surface area contributed by atoms with Crippen molar-refractivity contribution >= 4 is 28.6 Å². The molecule has 0 bridgehead atoms. The Morgan fingerprint density at radius 3 is 2.81 bits per heavy atom. The van der Waals surface area contributed by atoms with E-state index < -0.39 is 0 Å². The Morgan fingerprint density at radius 2 is 2.00 bits per heavy atom. The molecule has 0 saturated carbocycles. The minimum atomic E-state index is -0.0360. The SMILES string of the molecule is O=C(CSc1ncccn1)NCc1cc2ccccc2[nH]1. The average molecular weight is 298 g/mol. The van der Waals surface area contributed by atoms with E-state index in [0.29, 0.717) is 17.5 Å². The Kier molecular flexibility index (Phi) is 4.16. The molecule has 0 fully saturated rings. The number of para-hydroxylation sites is 1. The van der Waals surface area contributed by atoms with E-state index in [4.69, 9.17) is 0 Å². The molecule has 1 amide bonds. The zero-order chi connectivity index (χ0) is 14.5. The number of hydrogen-bond donors (Lipinski definition) is 2. The molecule has 3 aromatic rings. The van der Waals surface area contributed by atoms with Gasteiger partial charge in [0.05, 0.1) is 12.3 Å². The van der Waals surface area contributed by atoms with Crippen molar-refractivity contribution in [1.82, 2.24) is 20.3 Å². The standard InChI is InChI=1S/C15H14N4OS/c20-14(10-21-15-16-6-3-7-17-15)18-9-12-8-11-4-1-2-5-13(11)19-12/h1-8,19H,9-10H2,(H,18,20). The van der Waals surface area contributed by atoms with Crippen LogP contribution in [0.3, 0.4) is 0 Å². The van der Waals surface area contributed by atoms with Crippen LogP contribution in [0.4, 0.5) is 0 Å². The van der Waals surface area contributed by atoms with Crippen LogP contribution in [0.1, 0.15) is 5.69 Å². The van der Waals surface area contributed by atoms with E-state index in [9.17, 15) is 4.79 Å². The lowest BCUT2D eigenvalue weighted by Gasteiger charge is -2.02. The zero-order valence-corrected chi connectivity index (χ0v) is 12.1. The average Bonchev–Trinajstić information content (AvgIpc) is 2.95. The summed E-state index contributed by atoms with van der Waals surface area (Å²) in [6, 6.07) is 11.8. The lowest BCUT2D eigenvalue weighted by Crippen LogP contribution is -2.24. The number of aromatic amines is 1. The van der Waals surface area contributed by atoms with Crippen LogP contribution in [0.5, 0.6) is 0 Å². The summed E-state index contributed by atoms with van der Waals surface area (Å²) in [4.78, 5) is 23.2. The van der Waals surface area contributed by atoms with Gasteiger partial charge in [0.25, 0.3) is 0 Å². The van der Waals surface area contributed by atoms with Crippen molar-refractivity contribution in [1.29, 1.82) is 0 Å². The highest BCUT2D eigenvalue weighted by molar-refractivity contribution is 7.99. The Balaban J connectivity index is 1.51. The van der Waals surface area contributed by atoms with Gasteiger partial charge in [0.1, 0.15) is 0 Å². The summed E-state index contributed by atoms with van der Waals surface area (Å²) in [6.45, 7) is 0.490. The molecular formula is C15H14N4OS. The molecule has 0 spiro atoms. The largest absolute Gasteiger partial charge is 0.357 e. The minimum absolute atomic E-state index is 0.0360. The van der Waals surface area contributed by atoms with Crippen LogP contribution in [0.25, 0.3) is 10.9 Å². The molecule has 1 aromatic carbocycles. The first-order valence-electron chi connectivity index (χ1n) is 6.54. The lowest BCUT2D eigenvalue weighted by atomic mass is 10.2. The fourth-order valence-electron chi connectivity index (χ4n) is 1.96. The number of aromatic nitrogens is 3. The van der Waals surface area contributed by atoms with E-state index in [1.807, 2.05) is 30.3 Å². The second-order valence-electron chi connectivity index (χ2n) is 4.48. The number of H-pyrrole nitrogens is 1. The van der Waals surface area contributed by atoms with Crippen LogP contribution in [-0.2, 0) is 11.3 Å². The van der Waals surface area contributed by atoms with Gasteiger partial charge in [-0.3, -0.25) is 4.79 Å². The van der Waals surface area contributed by atoms with Gasteiger partial charge in [-0.1, -0.05) is 30.0 Å². The molecule has 0 aliphatic rings. The molecule has 21 heavy (non-hydrogen) atoms. The summed E-state index contributed by atoms with van der Waals surface area (Å²) < 4.78 is 0. The second-order valence-corrected chi connectivity index (χ2v) is 5.42. The molecular weight excluding hydrogens is 284 g/mol. The smallest absolute Gasteiger partial charge is 0.230 e. The molecule has 0 aliphatic heterocycles. The maximum atomic E-state index is 11.8. The van der Waals surface area contributed by atoms with Gasteiger partial charge in [-0.05, 0) is 23.6 Å². The van der Waals surface area contributed by atoms with Crippen LogP contribution in [0.15, 0.2) is 53.9 Å². The van der Waals surface area contributed by atoms with Crippen molar-refractivity contribution < 1.29 is 4.79 Å². The van der Waals surface area contributed by atoms with Crippen LogP contribution in [-0.4, -0.2) is 26.6 Å². The third-order valence-electron chi connectivity index (χ3n) is 2.94. The van der Waals surface area contributed by atoms with Crippen molar-refractivity contribution in [3.05, 3.63) is 54.5 Å². The number of benzene rings is 1. The summed E-state index contributed by atoms with van der Waals surface area (Å²) in [6.07, 6.45) is 3.33. The number of rotatable bonds is 5. The quantitative estimate of drug-likeness (QED) is 0.560. The van der Waals surface area contributed by atoms with Crippen molar-refractivity contribution in [3.8, 4) is 0 Å². The van der Waals surface area contributed by atoms with Gasteiger partial charge < -0.3 is 10.3 Å². The molecule has 2 N–H and O–H groups in total. The third kappa shape index (κ3) is 3.61. The highest BCUT2D eigenvalue weighted by Crippen LogP contribution is 2.14. The first-order chi connectivity index (χ1) is 10.3. The molecule has 0 radical (unpaired) electrons. The van der Waals surface area contributed by atoms with Crippen molar-refractivity contribution in [3.63, 3.8) is 0 Å². The number of amides is 1. The van der Waals surface area contributed by atoms with Gasteiger partial charge in [-0.15, -0.1) is 0 Å². The number of nitrogens with one attached hydrogen (secondary N) is 2. The molecule has 6 heteroatoms. The fraction of sp³-hybridized carbons (Fsp3) is 0.133. The number of nitrogens with zero attached hydrogens (tertiary/aromatic N) is 2. The summed E-state index contributed by atoms with van der Waals surface area (Å²) in [7, 11) is 0. The van der Waals surface area contributed by atoms with Crippen molar-refractivity contribution in [2.45, 2.75) is 11.7 Å². The van der Waals surface area contributed by atoms with Crippen LogP contribution >= 0.6 is 11.8 Å². The molecule has 0 unspecified atom stereocenters. The normalized spacial score (nSPS) is 10.7. The summed E-state index contributed by atoms with van der Waals surface area (Å²) in [5, 5.41) is 4.64. The zero-order valence-electron chi connectivity index (χ0n) is 11.2. The van der Waals surface area contributed by atoms with Crippen LogP contribution in [0, 0.1) is 0 Å². The van der Waals surface area contributed by atoms with Gasteiger partial charge in [-0.25, -0.2) is 9.97 Å². The number of thioether (sulfide) groups is 1. The van der Waals surface area contributed by atoms with E-state index in [1.54, 1.807) is 18.5 Å². The van der Waals surface area contributed by atoms with Crippen molar-refractivity contribution in [2.75, 3.05) is 5.75 Å². The number of carbonyl (C=O) groups excluding carboxylic acids is 1. The first-order valence-corrected chi connectivity index (χ1v) is 7.53. The maximum absolute atomic E-state index is 11.8. The number of fused-ring (bicyclic) bond motifs is 1. The molecule has 0 atom stereocenters. The van der Waals surface area contributed by atoms with E-state index in [-0.39, 0.29) is 5.91 Å². The van der Waals surface area contributed by atoms with Gasteiger partial charge in [0.2, 0.25) is 5.91 Å². The molecule has 2 heterocycles. The van der Waals surface area contributed by atoms with E-state index in [2.05, 4.69) is 20.3 Å². The van der Waals surface area contributed by atoms with Gasteiger partial charge in [0, 0.05) is 23.6 Å². The molecule has 2 aromatic heterocycles. The predicted octanol–water partition coefficient (Wildman–Crippen LogP) is 2.37. The topological polar surface area (TPSA) is 70.7 Å². The van der Waals surface area contributed by atoms with E-state index in [0.717, 1.165) is 16.6 Å². The van der Waals surface area contributed by atoms with E-state index in [1.165, 1.54) is 11.8 Å². The lowest BCUT2D eigenvalue weighted by molar-refractivity contribution is -0.118. The molecule has 5 nitrogen and oxygen atoms in total. The summed E-state index contributed by atoms with van der Waals surface area (Å²) in [5.74, 6) is 0.274. The van der Waals surface area contributed by atoms with Crippen LogP contribution in [0.2, 0.25) is 0 Å². The van der Waals surface area contributed by atoms with E-state index >= 15 is 0 Å². The van der Waals surface area contributed by atoms with Gasteiger partial charge in [-0.2, -0.15) is 0 Å². The Hall–Kier alpha value is -2.34. The Labute approximate surface area is 126 Å². The van der Waals surface area contributed by atoms with Gasteiger partial charge in [0.15, 0.2) is 5.16 Å². The first kappa shape index (κ1) is 13.6. The van der Waals surface area contributed by atoms with Crippen LogP contribution < -0.4 is 5.32 Å². The molecule has 0 aliphatic carbocycles. The summed E-state index contributed by atoms with van der Waals surface area (Å²) >= 11 is 1.32. The highest BCUT2D eigenvalue weighted by atomic mass is 32.2. The molecule has 106 valence electrons. The van der Waals surface area contributed by atoms with Crippen molar-refractivity contribution in [2.24, 2.45) is 0 Å². The Morgan fingerprint density at radius 1 is 1.19 bits per heavy atom. The number of hydrogen-bond acceptors (Lipinski definition) is 4. The Bertz CT molecular complexity index is 709. The predicted molar refractivity (Wildman–Crippen MR) is 82.9 cm³/mol. The second kappa shape index (κ2) is 6.41. The number of carbonyl (C=O) groups is 1.